The molecule has 0 aromatic heterocycles. The van der Waals surface area contributed by atoms with Gasteiger partial charge in [0.2, 0.25) is 11.8 Å². The maximum Gasteiger partial charge on any atom is 0.305 e. The molecule has 1 aliphatic carbocycles. The number of carboxylic acids is 1. The van der Waals surface area contributed by atoms with Gasteiger partial charge in [-0.15, -0.1) is 0 Å². The summed E-state index contributed by atoms with van der Waals surface area (Å²) in [5.41, 5.74) is 7.30. The first-order chi connectivity index (χ1) is 15.3. The smallest absolute Gasteiger partial charge is 0.305 e. The quantitative estimate of drug-likeness (QED) is 0.319. The van der Waals surface area contributed by atoms with Crippen molar-refractivity contribution in [3.05, 3.63) is 65.7 Å². The first-order valence-electron chi connectivity index (χ1n) is 10.7. The number of anilines is 1. The molecule has 3 unspecified atom stereocenters. The van der Waals surface area contributed by atoms with E-state index in [1.807, 2.05) is 6.07 Å². The van der Waals surface area contributed by atoms with Crippen LogP contribution < -0.4 is 16.4 Å². The third kappa shape index (κ3) is 5.94. The second-order valence-corrected chi connectivity index (χ2v) is 8.05. The summed E-state index contributed by atoms with van der Waals surface area (Å²) in [7, 11) is 0. The second-order valence-electron chi connectivity index (χ2n) is 8.05. The van der Waals surface area contributed by atoms with Crippen LogP contribution in [0.1, 0.15) is 49.3 Å². The van der Waals surface area contributed by atoms with E-state index in [4.69, 9.17) is 11.1 Å². The zero-order valence-electron chi connectivity index (χ0n) is 17.7. The minimum Gasteiger partial charge on any atom is -0.481 e. The van der Waals surface area contributed by atoms with Crippen molar-refractivity contribution in [1.82, 2.24) is 5.32 Å². The van der Waals surface area contributed by atoms with Gasteiger partial charge in [-0.3, -0.25) is 19.8 Å². The molecular formula is C24H28N4O4. The number of hydrogen-bond donors (Lipinski definition) is 5. The van der Waals surface area contributed by atoms with E-state index in [-0.39, 0.29) is 24.1 Å². The van der Waals surface area contributed by atoms with Crippen LogP contribution >= 0.6 is 0 Å². The van der Waals surface area contributed by atoms with Crippen molar-refractivity contribution < 1.29 is 19.5 Å². The normalized spacial score (nSPS) is 18.9. The fraction of sp³-hybridized carbons (Fsp3) is 0.333. The Hall–Kier alpha value is -3.68. The molecule has 3 rings (SSSR count). The molecule has 0 spiro atoms. The molecule has 1 aliphatic rings. The summed E-state index contributed by atoms with van der Waals surface area (Å²) in [5.74, 6) is -2.63. The number of carboxylic acid groups (broad SMARTS) is 1. The molecule has 8 heteroatoms. The standard InChI is InChI=1S/C24H28N4O4/c25-22(26)16-10-12-17(13-11-16)27-23(31)18-8-4-5-9-19(18)24(32)28-20(14-21(29)30)15-6-2-1-3-7-15/h1-3,6-7,10-13,18-20H,4-5,8-9,14H2,(H3,25,26)(H,27,31)(H,28,32)(H,29,30). The zero-order chi connectivity index (χ0) is 23.1. The van der Waals surface area contributed by atoms with Gasteiger partial charge in [0.15, 0.2) is 0 Å². The lowest BCUT2D eigenvalue weighted by molar-refractivity contribution is -0.139. The third-order valence-corrected chi connectivity index (χ3v) is 5.80. The van der Waals surface area contributed by atoms with Crippen molar-refractivity contribution in [2.24, 2.45) is 17.6 Å². The summed E-state index contributed by atoms with van der Waals surface area (Å²) in [5, 5.41) is 22.5. The molecule has 0 radical (unpaired) electrons. The summed E-state index contributed by atoms with van der Waals surface area (Å²) in [6.07, 6.45) is 2.61. The van der Waals surface area contributed by atoms with Gasteiger partial charge < -0.3 is 21.5 Å². The van der Waals surface area contributed by atoms with Crippen LogP contribution in [0.3, 0.4) is 0 Å². The third-order valence-electron chi connectivity index (χ3n) is 5.80. The van der Waals surface area contributed by atoms with Gasteiger partial charge >= 0.3 is 5.97 Å². The van der Waals surface area contributed by atoms with Gasteiger partial charge in [0.25, 0.3) is 0 Å². The van der Waals surface area contributed by atoms with E-state index in [9.17, 15) is 19.5 Å². The molecule has 0 saturated heterocycles. The van der Waals surface area contributed by atoms with Crippen LogP contribution in [0.15, 0.2) is 54.6 Å². The number of benzene rings is 2. The number of aliphatic carboxylic acids is 1. The van der Waals surface area contributed by atoms with Gasteiger partial charge in [-0.05, 0) is 42.7 Å². The van der Waals surface area contributed by atoms with Crippen molar-refractivity contribution in [1.29, 1.82) is 5.41 Å². The van der Waals surface area contributed by atoms with E-state index >= 15 is 0 Å². The molecule has 0 bridgehead atoms. The maximum absolute atomic E-state index is 13.1. The van der Waals surface area contributed by atoms with Gasteiger partial charge in [0.1, 0.15) is 5.84 Å². The Bertz CT molecular complexity index is 975. The summed E-state index contributed by atoms with van der Waals surface area (Å²) in [6, 6.07) is 15.0. The highest BCUT2D eigenvalue weighted by Crippen LogP contribution is 2.32. The molecule has 6 N–H and O–H groups in total. The molecule has 3 atom stereocenters. The largest absolute Gasteiger partial charge is 0.481 e. The molecule has 32 heavy (non-hydrogen) atoms. The molecule has 0 heterocycles. The molecular weight excluding hydrogens is 408 g/mol. The minimum atomic E-state index is -1.01. The molecule has 2 aromatic rings. The van der Waals surface area contributed by atoms with E-state index in [1.54, 1.807) is 48.5 Å². The summed E-state index contributed by atoms with van der Waals surface area (Å²) in [4.78, 5) is 37.5. The Morgan fingerprint density at radius 1 is 0.969 bits per heavy atom. The van der Waals surface area contributed by atoms with Crippen molar-refractivity contribution in [2.75, 3.05) is 5.32 Å². The van der Waals surface area contributed by atoms with Crippen molar-refractivity contribution in [3.8, 4) is 0 Å². The number of rotatable bonds is 8. The van der Waals surface area contributed by atoms with Gasteiger partial charge in [-0.2, -0.15) is 0 Å². The first kappa shape index (κ1) is 23.0. The van der Waals surface area contributed by atoms with Crippen LogP contribution in [0.5, 0.6) is 0 Å². The topological polar surface area (TPSA) is 145 Å². The predicted molar refractivity (Wildman–Crippen MR) is 121 cm³/mol. The van der Waals surface area contributed by atoms with E-state index < -0.39 is 23.8 Å². The van der Waals surface area contributed by atoms with Crippen LogP contribution in [0.4, 0.5) is 5.69 Å². The molecule has 0 aliphatic heterocycles. The lowest BCUT2D eigenvalue weighted by Gasteiger charge is -2.31. The number of nitrogens with two attached hydrogens (primary N) is 1. The number of carbonyl (C=O) groups excluding carboxylic acids is 2. The highest BCUT2D eigenvalue weighted by Gasteiger charge is 2.36. The SMILES string of the molecule is N=C(N)c1ccc(NC(=O)C2CCCCC2C(=O)NC(CC(=O)O)c2ccccc2)cc1. The lowest BCUT2D eigenvalue weighted by atomic mass is 9.78. The Balaban J connectivity index is 1.71. The number of nitrogens with one attached hydrogen (secondary N) is 3. The van der Waals surface area contributed by atoms with E-state index in [0.717, 1.165) is 12.8 Å². The second kappa shape index (κ2) is 10.6. The predicted octanol–water partition coefficient (Wildman–Crippen LogP) is 3.05. The van der Waals surface area contributed by atoms with E-state index in [2.05, 4.69) is 10.6 Å². The summed E-state index contributed by atoms with van der Waals surface area (Å²) < 4.78 is 0. The average Bonchev–Trinajstić information content (AvgIpc) is 2.79. The fourth-order valence-electron chi connectivity index (χ4n) is 4.12. The molecule has 2 aromatic carbocycles. The molecule has 168 valence electrons. The van der Waals surface area contributed by atoms with Gasteiger partial charge in [-0.25, -0.2) is 0 Å². The number of nitrogen functional groups attached to an aromatic ring is 1. The van der Waals surface area contributed by atoms with Crippen LogP contribution in [-0.4, -0.2) is 28.7 Å². The first-order valence-corrected chi connectivity index (χ1v) is 10.7. The molecule has 1 saturated carbocycles. The number of hydrogen-bond acceptors (Lipinski definition) is 4. The molecule has 8 nitrogen and oxygen atoms in total. The number of carbonyl (C=O) groups is 3. The number of amides is 2. The lowest BCUT2D eigenvalue weighted by Crippen LogP contribution is -2.43. The zero-order valence-corrected chi connectivity index (χ0v) is 17.7. The summed E-state index contributed by atoms with van der Waals surface area (Å²) >= 11 is 0. The molecule has 2 amide bonds. The highest BCUT2D eigenvalue weighted by atomic mass is 16.4. The van der Waals surface area contributed by atoms with Gasteiger partial charge in [0.05, 0.1) is 12.5 Å². The molecule has 1 fully saturated rings. The minimum absolute atomic E-state index is 0.0544. The van der Waals surface area contributed by atoms with Crippen LogP contribution in [0.2, 0.25) is 0 Å². The Morgan fingerprint density at radius 2 is 1.56 bits per heavy atom. The van der Waals surface area contributed by atoms with Gasteiger partial charge in [0, 0.05) is 23.1 Å². The van der Waals surface area contributed by atoms with Crippen molar-refractivity contribution in [2.45, 2.75) is 38.1 Å². The van der Waals surface area contributed by atoms with Crippen LogP contribution in [0, 0.1) is 17.2 Å². The fourth-order valence-corrected chi connectivity index (χ4v) is 4.12. The monoisotopic (exact) mass is 436 g/mol. The van der Waals surface area contributed by atoms with Crippen LogP contribution in [0.25, 0.3) is 0 Å². The van der Waals surface area contributed by atoms with Crippen molar-refractivity contribution in [3.63, 3.8) is 0 Å². The van der Waals surface area contributed by atoms with Crippen LogP contribution in [-0.2, 0) is 14.4 Å². The van der Waals surface area contributed by atoms with E-state index in [1.165, 1.54) is 0 Å². The number of amidine groups is 1. The summed E-state index contributed by atoms with van der Waals surface area (Å²) in [6.45, 7) is 0. The Kier molecular flexibility index (Phi) is 7.59. The Labute approximate surface area is 186 Å². The van der Waals surface area contributed by atoms with Crippen molar-refractivity contribution >= 4 is 29.3 Å². The Morgan fingerprint density at radius 3 is 2.12 bits per heavy atom. The average molecular weight is 437 g/mol. The maximum atomic E-state index is 13.1. The van der Waals surface area contributed by atoms with Gasteiger partial charge in [-0.1, -0.05) is 43.2 Å². The highest BCUT2D eigenvalue weighted by molar-refractivity contribution is 5.98. The van der Waals surface area contributed by atoms with E-state index in [0.29, 0.717) is 29.7 Å².